The average Bonchev–Trinajstić information content (AvgIpc) is 3.45. The van der Waals surface area contributed by atoms with Gasteiger partial charge in [-0.25, -0.2) is 18.2 Å². The first-order valence-electron chi connectivity index (χ1n) is 11.0. The van der Waals surface area contributed by atoms with Crippen LogP contribution in [0.2, 0.25) is 0 Å². The molecule has 4 aromatic rings. The lowest BCUT2D eigenvalue weighted by Gasteiger charge is -2.08. The number of anilines is 1. The van der Waals surface area contributed by atoms with Gasteiger partial charge in [0.25, 0.3) is 0 Å². The van der Waals surface area contributed by atoms with Gasteiger partial charge in [0.1, 0.15) is 11.6 Å². The Morgan fingerprint density at radius 2 is 1.89 bits per heavy atom. The molecular formula is C23H23N5O5S3. The first-order valence-corrected chi connectivity index (χ1v) is 14.5. The minimum absolute atomic E-state index is 0.0353. The van der Waals surface area contributed by atoms with Crippen LogP contribution in [0.1, 0.15) is 30.0 Å². The fourth-order valence-electron chi connectivity index (χ4n) is 3.34. The second-order valence-electron chi connectivity index (χ2n) is 7.47. The Kier molecular flexibility index (Phi) is 8.01. The molecule has 0 saturated heterocycles. The van der Waals surface area contributed by atoms with E-state index in [0.29, 0.717) is 33.7 Å². The number of thioether (sulfide) groups is 1. The number of fused-ring (bicyclic) bond motifs is 1. The van der Waals surface area contributed by atoms with Crippen LogP contribution in [0.25, 0.3) is 10.2 Å². The lowest BCUT2D eigenvalue weighted by Crippen LogP contribution is -2.15. The molecule has 0 radical (unpaired) electrons. The number of nitrogens with one attached hydrogen (secondary N) is 1. The summed E-state index contributed by atoms with van der Waals surface area (Å²) in [7, 11) is -3.58. The molecular weight excluding hydrogens is 522 g/mol. The maximum Gasteiger partial charge on any atom is 0.338 e. The molecule has 0 spiro atoms. The molecule has 0 atom stereocenters. The maximum absolute atomic E-state index is 12.7. The normalized spacial score (nSPS) is 11.5. The van der Waals surface area contributed by atoms with Crippen LogP contribution in [0, 0.1) is 0 Å². The Morgan fingerprint density at radius 3 is 2.61 bits per heavy atom. The van der Waals surface area contributed by atoms with E-state index < -0.39 is 15.8 Å². The number of aromatic nitrogens is 4. The predicted octanol–water partition coefficient (Wildman–Crippen LogP) is 3.79. The third-order valence-electron chi connectivity index (χ3n) is 5.01. The monoisotopic (exact) mass is 545 g/mol. The first kappa shape index (κ1) is 25.8. The van der Waals surface area contributed by atoms with Gasteiger partial charge in [-0.2, -0.15) is 0 Å². The average molecular weight is 546 g/mol. The standard InChI is InChI=1S/C23H23N5O5S3/c1-3-28-19(14-36(31,32)16-8-6-5-7-9-16)26-27-23(28)34-13-20(29)25-22-24-17-11-10-15(12-18(17)35-22)21(30)33-4-2/h5-12H,3-4,13-14H2,1-2H3,(H,24,25,29). The molecule has 2 heterocycles. The van der Waals surface area contributed by atoms with Gasteiger partial charge in [-0.15, -0.1) is 10.2 Å². The number of hydrogen-bond acceptors (Lipinski definition) is 10. The van der Waals surface area contributed by atoms with Gasteiger partial charge in [0.05, 0.1) is 33.0 Å². The molecule has 1 amide bonds. The van der Waals surface area contributed by atoms with Gasteiger partial charge in [-0.05, 0) is 44.2 Å². The van der Waals surface area contributed by atoms with Crippen LogP contribution in [0.5, 0.6) is 0 Å². The van der Waals surface area contributed by atoms with Crippen LogP contribution in [0.15, 0.2) is 58.6 Å². The number of amides is 1. The number of ether oxygens (including phenoxy) is 1. The van der Waals surface area contributed by atoms with E-state index in [-0.39, 0.29) is 28.9 Å². The molecule has 0 aliphatic heterocycles. The number of benzene rings is 2. The molecule has 0 aliphatic carbocycles. The molecule has 0 saturated carbocycles. The number of thiazole rings is 1. The smallest absolute Gasteiger partial charge is 0.338 e. The number of carbonyl (C=O) groups is 2. The quantitative estimate of drug-likeness (QED) is 0.233. The van der Waals surface area contributed by atoms with Gasteiger partial charge in [0.2, 0.25) is 5.91 Å². The lowest BCUT2D eigenvalue weighted by molar-refractivity contribution is -0.113. The molecule has 36 heavy (non-hydrogen) atoms. The van der Waals surface area contributed by atoms with Crippen LogP contribution in [0.3, 0.4) is 0 Å². The first-order chi connectivity index (χ1) is 17.3. The van der Waals surface area contributed by atoms with Crippen molar-refractivity contribution in [2.45, 2.75) is 36.2 Å². The third-order valence-corrected chi connectivity index (χ3v) is 8.54. The highest BCUT2D eigenvalue weighted by Crippen LogP contribution is 2.28. The van der Waals surface area contributed by atoms with Crippen LogP contribution >= 0.6 is 23.1 Å². The topological polar surface area (TPSA) is 133 Å². The Bertz CT molecular complexity index is 1500. The molecule has 2 aromatic carbocycles. The molecule has 0 unspecified atom stereocenters. The van der Waals surface area contributed by atoms with E-state index in [1.165, 1.54) is 11.3 Å². The fourth-order valence-corrected chi connectivity index (χ4v) is 6.37. The Balaban J connectivity index is 1.40. The Hall–Kier alpha value is -3.29. The van der Waals surface area contributed by atoms with E-state index in [9.17, 15) is 18.0 Å². The van der Waals surface area contributed by atoms with Crippen LogP contribution in [-0.4, -0.2) is 52.4 Å². The number of nitrogens with zero attached hydrogens (tertiary/aromatic N) is 4. The van der Waals surface area contributed by atoms with Gasteiger partial charge in [-0.3, -0.25) is 4.79 Å². The summed E-state index contributed by atoms with van der Waals surface area (Å²) in [5, 5.41) is 11.8. The van der Waals surface area contributed by atoms with E-state index in [1.54, 1.807) is 60.0 Å². The molecule has 13 heteroatoms. The van der Waals surface area contributed by atoms with Crippen molar-refractivity contribution < 1.29 is 22.7 Å². The van der Waals surface area contributed by atoms with Crippen molar-refractivity contribution in [2.75, 3.05) is 17.7 Å². The maximum atomic E-state index is 12.7. The molecule has 0 bridgehead atoms. The zero-order valence-electron chi connectivity index (χ0n) is 19.5. The summed E-state index contributed by atoms with van der Waals surface area (Å²) in [4.78, 5) is 29.1. The van der Waals surface area contributed by atoms with E-state index in [4.69, 9.17) is 4.74 Å². The van der Waals surface area contributed by atoms with E-state index in [0.717, 1.165) is 16.5 Å². The molecule has 188 valence electrons. The van der Waals surface area contributed by atoms with Crippen LogP contribution in [0.4, 0.5) is 5.13 Å². The second kappa shape index (κ2) is 11.2. The van der Waals surface area contributed by atoms with Gasteiger partial charge >= 0.3 is 5.97 Å². The van der Waals surface area contributed by atoms with E-state index in [2.05, 4.69) is 20.5 Å². The molecule has 2 aromatic heterocycles. The minimum atomic E-state index is -3.58. The Morgan fingerprint density at radius 1 is 1.11 bits per heavy atom. The molecule has 0 aliphatic rings. The molecule has 1 N–H and O–H groups in total. The highest BCUT2D eigenvalue weighted by Gasteiger charge is 2.21. The fraction of sp³-hybridized carbons (Fsp3) is 0.261. The highest BCUT2D eigenvalue weighted by atomic mass is 32.2. The number of sulfone groups is 1. The SMILES string of the molecule is CCOC(=O)c1ccc2nc(NC(=O)CSc3nnc(CS(=O)(=O)c4ccccc4)n3CC)sc2c1. The summed E-state index contributed by atoms with van der Waals surface area (Å²) in [6.45, 7) is 4.34. The van der Waals surface area contributed by atoms with Gasteiger partial charge in [0, 0.05) is 6.54 Å². The largest absolute Gasteiger partial charge is 0.462 e. The van der Waals surface area contributed by atoms with Crippen molar-refractivity contribution in [1.29, 1.82) is 0 Å². The number of hydrogen-bond donors (Lipinski definition) is 1. The number of carbonyl (C=O) groups excluding carboxylic acids is 2. The highest BCUT2D eigenvalue weighted by molar-refractivity contribution is 7.99. The van der Waals surface area contributed by atoms with E-state index in [1.807, 2.05) is 6.92 Å². The van der Waals surface area contributed by atoms with Crippen molar-refractivity contribution >= 4 is 60.2 Å². The Labute approximate surface area is 216 Å². The van der Waals surface area contributed by atoms with Gasteiger partial charge in [0.15, 0.2) is 20.1 Å². The number of esters is 1. The lowest BCUT2D eigenvalue weighted by atomic mass is 10.2. The summed E-state index contributed by atoms with van der Waals surface area (Å²) < 4.78 is 32.9. The zero-order chi connectivity index (χ0) is 25.7. The zero-order valence-corrected chi connectivity index (χ0v) is 22.0. The third kappa shape index (κ3) is 5.91. The van der Waals surface area contributed by atoms with Gasteiger partial charge in [-0.1, -0.05) is 41.3 Å². The summed E-state index contributed by atoms with van der Waals surface area (Å²) in [6.07, 6.45) is 0. The van der Waals surface area contributed by atoms with Crippen LogP contribution < -0.4 is 5.32 Å². The summed E-state index contributed by atoms with van der Waals surface area (Å²) in [5.41, 5.74) is 1.08. The second-order valence-corrected chi connectivity index (χ2v) is 11.4. The summed E-state index contributed by atoms with van der Waals surface area (Å²) >= 11 is 2.41. The summed E-state index contributed by atoms with van der Waals surface area (Å²) in [6, 6.07) is 13.2. The van der Waals surface area contributed by atoms with Crippen LogP contribution in [-0.2, 0) is 31.7 Å². The van der Waals surface area contributed by atoms with Crippen molar-refractivity contribution in [3.63, 3.8) is 0 Å². The number of rotatable bonds is 10. The minimum Gasteiger partial charge on any atom is -0.462 e. The molecule has 10 nitrogen and oxygen atoms in total. The van der Waals surface area contributed by atoms with Crippen molar-refractivity contribution in [3.05, 3.63) is 59.9 Å². The van der Waals surface area contributed by atoms with Gasteiger partial charge < -0.3 is 14.6 Å². The summed E-state index contributed by atoms with van der Waals surface area (Å²) in [5.74, 6) is -0.648. The van der Waals surface area contributed by atoms with Crippen molar-refractivity contribution in [3.8, 4) is 0 Å². The molecule has 0 fully saturated rings. The van der Waals surface area contributed by atoms with Crippen molar-refractivity contribution in [2.24, 2.45) is 0 Å². The van der Waals surface area contributed by atoms with E-state index >= 15 is 0 Å². The molecule has 4 rings (SSSR count). The van der Waals surface area contributed by atoms with Crippen molar-refractivity contribution in [1.82, 2.24) is 19.7 Å². The predicted molar refractivity (Wildman–Crippen MR) is 138 cm³/mol.